The minimum absolute atomic E-state index is 0.00815. The van der Waals surface area contributed by atoms with Crippen LogP contribution in [0.5, 0.6) is 0 Å². The highest BCUT2D eigenvalue weighted by atomic mass is 35.5. The molecule has 3 N–H and O–H groups in total. The SMILES string of the molecule is NC1CCN(C(=O)c2cc(Cl)c[nH]2)CC1. The van der Waals surface area contributed by atoms with E-state index in [1.54, 1.807) is 12.3 Å². The number of amides is 1. The number of nitrogens with two attached hydrogens (primary N) is 1. The number of hydrogen-bond donors (Lipinski definition) is 2. The number of halogens is 1. The lowest BCUT2D eigenvalue weighted by molar-refractivity contribution is 0.0709. The van der Waals surface area contributed by atoms with Gasteiger partial charge >= 0.3 is 0 Å². The lowest BCUT2D eigenvalue weighted by atomic mass is 10.1. The molecule has 2 rings (SSSR count). The monoisotopic (exact) mass is 227 g/mol. The van der Waals surface area contributed by atoms with Gasteiger partial charge < -0.3 is 15.6 Å². The Morgan fingerprint density at radius 2 is 2.20 bits per heavy atom. The molecule has 0 aliphatic carbocycles. The van der Waals surface area contributed by atoms with Crippen LogP contribution >= 0.6 is 11.6 Å². The molecule has 2 heterocycles. The second kappa shape index (κ2) is 4.24. The number of carbonyl (C=O) groups excluding carboxylic acids is 1. The van der Waals surface area contributed by atoms with Crippen molar-refractivity contribution < 1.29 is 4.79 Å². The number of hydrogen-bond acceptors (Lipinski definition) is 2. The molecule has 82 valence electrons. The van der Waals surface area contributed by atoms with E-state index in [0.29, 0.717) is 10.7 Å². The Morgan fingerprint density at radius 1 is 1.53 bits per heavy atom. The molecule has 1 aliphatic rings. The first kappa shape index (κ1) is 10.5. The van der Waals surface area contributed by atoms with Gasteiger partial charge in [-0.05, 0) is 18.9 Å². The van der Waals surface area contributed by atoms with Crippen molar-refractivity contribution >= 4 is 17.5 Å². The maximum atomic E-state index is 11.9. The average Bonchev–Trinajstić information content (AvgIpc) is 2.65. The molecule has 0 spiro atoms. The maximum Gasteiger partial charge on any atom is 0.270 e. The lowest BCUT2D eigenvalue weighted by Gasteiger charge is -2.29. The van der Waals surface area contributed by atoms with Crippen LogP contribution in [0, 0.1) is 0 Å². The molecule has 5 heteroatoms. The Hall–Kier alpha value is -1.00. The van der Waals surface area contributed by atoms with Crippen molar-refractivity contribution in [3.8, 4) is 0 Å². The highest BCUT2D eigenvalue weighted by Crippen LogP contribution is 2.15. The van der Waals surface area contributed by atoms with E-state index < -0.39 is 0 Å². The molecule has 1 aromatic rings. The van der Waals surface area contributed by atoms with Crippen molar-refractivity contribution in [2.45, 2.75) is 18.9 Å². The summed E-state index contributed by atoms with van der Waals surface area (Å²) in [5.74, 6) is 0.00815. The Morgan fingerprint density at radius 3 is 2.73 bits per heavy atom. The molecule has 1 fully saturated rings. The smallest absolute Gasteiger partial charge is 0.270 e. The van der Waals surface area contributed by atoms with Gasteiger partial charge in [0.05, 0.1) is 5.02 Å². The van der Waals surface area contributed by atoms with Gasteiger partial charge in [-0.2, -0.15) is 0 Å². The van der Waals surface area contributed by atoms with E-state index in [1.807, 2.05) is 4.90 Å². The van der Waals surface area contributed by atoms with Gasteiger partial charge in [-0.3, -0.25) is 4.79 Å². The summed E-state index contributed by atoms with van der Waals surface area (Å²) in [6, 6.07) is 1.89. The van der Waals surface area contributed by atoms with Crippen LogP contribution < -0.4 is 5.73 Å². The minimum Gasteiger partial charge on any atom is -0.356 e. The Labute approximate surface area is 93.4 Å². The van der Waals surface area contributed by atoms with Crippen molar-refractivity contribution in [1.82, 2.24) is 9.88 Å². The van der Waals surface area contributed by atoms with E-state index in [9.17, 15) is 4.79 Å². The summed E-state index contributed by atoms with van der Waals surface area (Å²) in [6.07, 6.45) is 3.37. The van der Waals surface area contributed by atoms with Gasteiger partial charge in [0, 0.05) is 25.3 Å². The molecule has 0 aromatic carbocycles. The molecule has 1 aromatic heterocycles. The average molecular weight is 228 g/mol. The van der Waals surface area contributed by atoms with Gasteiger partial charge in [-0.25, -0.2) is 0 Å². The maximum absolute atomic E-state index is 11.9. The van der Waals surface area contributed by atoms with Crippen molar-refractivity contribution in [1.29, 1.82) is 0 Å². The van der Waals surface area contributed by atoms with E-state index in [1.165, 1.54) is 0 Å². The number of nitrogens with one attached hydrogen (secondary N) is 1. The summed E-state index contributed by atoms with van der Waals surface area (Å²) in [6.45, 7) is 1.47. The van der Waals surface area contributed by atoms with Gasteiger partial charge in [0.15, 0.2) is 0 Å². The van der Waals surface area contributed by atoms with Crippen molar-refractivity contribution in [2.75, 3.05) is 13.1 Å². The zero-order chi connectivity index (χ0) is 10.8. The summed E-state index contributed by atoms with van der Waals surface area (Å²) < 4.78 is 0. The summed E-state index contributed by atoms with van der Waals surface area (Å²) in [7, 11) is 0. The fourth-order valence-corrected chi connectivity index (χ4v) is 1.93. The molecule has 1 aliphatic heterocycles. The van der Waals surface area contributed by atoms with Crippen molar-refractivity contribution in [2.24, 2.45) is 5.73 Å². The first-order valence-corrected chi connectivity index (χ1v) is 5.43. The first-order chi connectivity index (χ1) is 7.16. The Balaban J connectivity index is 2.02. The van der Waals surface area contributed by atoms with E-state index in [0.717, 1.165) is 25.9 Å². The van der Waals surface area contributed by atoms with Gasteiger partial charge in [0.1, 0.15) is 5.69 Å². The number of carbonyl (C=O) groups is 1. The van der Waals surface area contributed by atoms with Crippen LogP contribution in [-0.2, 0) is 0 Å². The van der Waals surface area contributed by atoms with Crippen LogP contribution in [0.15, 0.2) is 12.3 Å². The van der Waals surface area contributed by atoms with Crippen LogP contribution in [-0.4, -0.2) is 34.9 Å². The van der Waals surface area contributed by atoms with Gasteiger partial charge in [0.25, 0.3) is 5.91 Å². The third kappa shape index (κ3) is 2.33. The van der Waals surface area contributed by atoms with E-state index >= 15 is 0 Å². The number of aromatic nitrogens is 1. The molecule has 0 unspecified atom stereocenters. The molecule has 0 saturated carbocycles. The second-order valence-corrected chi connectivity index (χ2v) is 4.30. The van der Waals surface area contributed by atoms with E-state index in [4.69, 9.17) is 17.3 Å². The normalized spacial score (nSPS) is 18.1. The fraction of sp³-hybridized carbons (Fsp3) is 0.500. The third-order valence-electron chi connectivity index (χ3n) is 2.71. The van der Waals surface area contributed by atoms with E-state index in [-0.39, 0.29) is 11.9 Å². The Bertz CT molecular complexity index is 355. The molecule has 0 bridgehead atoms. The van der Waals surface area contributed by atoms with Crippen LogP contribution in [0.2, 0.25) is 5.02 Å². The number of H-pyrrole nitrogens is 1. The standard InChI is InChI=1S/C10H14ClN3O/c11-7-5-9(13-6-7)10(15)14-3-1-8(12)2-4-14/h5-6,8,13H,1-4,12H2. The van der Waals surface area contributed by atoms with Crippen LogP contribution in [0.1, 0.15) is 23.3 Å². The van der Waals surface area contributed by atoms with Crippen molar-refractivity contribution in [3.05, 3.63) is 23.0 Å². The first-order valence-electron chi connectivity index (χ1n) is 5.05. The zero-order valence-electron chi connectivity index (χ0n) is 8.37. The van der Waals surface area contributed by atoms with Crippen LogP contribution in [0.25, 0.3) is 0 Å². The number of rotatable bonds is 1. The molecule has 1 amide bonds. The largest absolute Gasteiger partial charge is 0.356 e. The van der Waals surface area contributed by atoms with Gasteiger partial charge in [0.2, 0.25) is 0 Å². The van der Waals surface area contributed by atoms with Gasteiger partial charge in [-0.15, -0.1) is 0 Å². The molecule has 0 radical (unpaired) electrons. The number of likely N-dealkylation sites (tertiary alicyclic amines) is 1. The summed E-state index contributed by atoms with van der Waals surface area (Å²) >= 11 is 5.74. The van der Waals surface area contributed by atoms with Crippen molar-refractivity contribution in [3.63, 3.8) is 0 Å². The number of nitrogens with zero attached hydrogens (tertiary/aromatic N) is 1. The quantitative estimate of drug-likeness (QED) is 0.758. The van der Waals surface area contributed by atoms with Crippen LogP contribution in [0.4, 0.5) is 0 Å². The molecule has 1 saturated heterocycles. The highest BCUT2D eigenvalue weighted by molar-refractivity contribution is 6.30. The molecule has 0 atom stereocenters. The minimum atomic E-state index is 0.00815. The number of aromatic amines is 1. The highest BCUT2D eigenvalue weighted by Gasteiger charge is 2.22. The molecular formula is C10H14ClN3O. The number of piperidine rings is 1. The summed E-state index contributed by atoms with van der Waals surface area (Å²) in [4.78, 5) is 16.6. The van der Waals surface area contributed by atoms with Crippen LogP contribution in [0.3, 0.4) is 0 Å². The van der Waals surface area contributed by atoms with Gasteiger partial charge in [-0.1, -0.05) is 11.6 Å². The predicted molar refractivity (Wildman–Crippen MR) is 58.9 cm³/mol. The lowest BCUT2D eigenvalue weighted by Crippen LogP contribution is -2.42. The molecular weight excluding hydrogens is 214 g/mol. The fourth-order valence-electron chi connectivity index (χ4n) is 1.76. The molecule has 4 nitrogen and oxygen atoms in total. The Kier molecular flexibility index (Phi) is 2.98. The van der Waals surface area contributed by atoms with E-state index in [2.05, 4.69) is 4.98 Å². The second-order valence-electron chi connectivity index (χ2n) is 3.86. The zero-order valence-corrected chi connectivity index (χ0v) is 9.13. The summed E-state index contributed by atoms with van der Waals surface area (Å²) in [5, 5.41) is 0.562. The molecule has 15 heavy (non-hydrogen) atoms. The predicted octanol–water partition coefficient (Wildman–Crippen LogP) is 1.23. The summed E-state index contributed by atoms with van der Waals surface area (Å²) in [5.41, 5.74) is 6.32. The topological polar surface area (TPSA) is 62.1 Å². The third-order valence-corrected chi connectivity index (χ3v) is 2.92.